The monoisotopic (exact) mass is 546 g/mol. The minimum absolute atomic E-state index is 0.0786. The molecule has 2 unspecified atom stereocenters. The summed E-state index contributed by atoms with van der Waals surface area (Å²) in [5.41, 5.74) is 7.11. The molecule has 0 saturated carbocycles. The fourth-order valence-corrected chi connectivity index (χ4v) is 5.40. The van der Waals surface area contributed by atoms with Crippen LogP contribution in [0.2, 0.25) is 0 Å². The first-order valence-electron chi connectivity index (χ1n) is 10.4. The number of phosphoric ester groups is 1. The average Bonchev–Trinajstić information content (AvgIpc) is 3.41. The van der Waals surface area contributed by atoms with E-state index in [1.54, 1.807) is 36.2 Å². The molecule has 3 aliphatic heterocycles. The van der Waals surface area contributed by atoms with Gasteiger partial charge in [0, 0.05) is 19.2 Å². The number of esters is 1. The summed E-state index contributed by atoms with van der Waals surface area (Å²) in [6, 6.07) is 6.62. The fourth-order valence-electron chi connectivity index (χ4n) is 3.80. The first kappa shape index (κ1) is 26.3. The van der Waals surface area contributed by atoms with Gasteiger partial charge >= 0.3 is 21.6 Å². The number of carbonyl (C=O) groups excluding carboxylic acids is 1. The summed E-state index contributed by atoms with van der Waals surface area (Å²) >= 11 is 0. The highest BCUT2D eigenvalue weighted by Crippen LogP contribution is 2.57. The molecule has 0 spiro atoms. The Hall–Kier alpha value is -2.81. The lowest BCUT2D eigenvalue weighted by atomic mass is 10.1. The Morgan fingerprint density at radius 1 is 1.33 bits per heavy atom. The molecule has 3 aliphatic rings. The van der Waals surface area contributed by atoms with Crippen molar-refractivity contribution in [3.8, 4) is 0 Å². The predicted molar refractivity (Wildman–Crippen MR) is 124 cm³/mol. The Kier molecular flexibility index (Phi) is 7.50. The molecule has 7 N–H and O–H groups in total. The van der Waals surface area contributed by atoms with E-state index in [-0.39, 0.29) is 12.0 Å². The van der Waals surface area contributed by atoms with Crippen LogP contribution in [0.4, 0.5) is 5.69 Å². The molecule has 0 radical (unpaired) electrons. The third kappa shape index (κ3) is 5.94. The number of rotatable bonds is 9. The second-order valence-electron chi connectivity index (χ2n) is 7.73. The SMILES string of the molecule is CNc1ccccc1C(=O)O[C@H]1C[C@H](N2C=NC3=C(N)NC=NC32)O[C@@H]1COP(=O)(O)OP(=O)(O)O. The van der Waals surface area contributed by atoms with E-state index in [1.807, 2.05) is 0 Å². The van der Waals surface area contributed by atoms with Crippen LogP contribution >= 0.6 is 15.6 Å². The van der Waals surface area contributed by atoms with E-state index in [2.05, 4.69) is 24.9 Å². The van der Waals surface area contributed by atoms with Crippen LogP contribution in [0.25, 0.3) is 0 Å². The van der Waals surface area contributed by atoms with Gasteiger partial charge in [-0.05, 0) is 12.1 Å². The Labute approximate surface area is 204 Å². The van der Waals surface area contributed by atoms with Crippen molar-refractivity contribution in [2.45, 2.75) is 31.0 Å². The number of nitrogens with two attached hydrogens (primary N) is 1. The van der Waals surface area contributed by atoms with Gasteiger partial charge in [0.05, 0.1) is 24.8 Å². The van der Waals surface area contributed by atoms with Crippen molar-refractivity contribution >= 4 is 40.0 Å². The van der Waals surface area contributed by atoms with Crippen LogP contribution in [-0.4, -0.2) is 76.5 Å². The van der Waals surface area contributed by atoms with Crippen molar-refractivity contribution in [1.29, 1.82) is 0 Å². The molecule has 1 fully saturated rings. The number of para-hydroxylation sites is 1. The van der Waals surface area contributed by atoms with Crippen molar-refractivity contribution in [2.75, 3.05) is 19.0 Å². The Bertz CT molecular complexity index is 1200. The maximum atomic E-state index is 12.9. The van der Waals surface area contributed by atoms with E-state index in [4.69, 9.17) is 29.5 Å². The molecule has 1 saturated heterocycles. The molecule has 3 heterocycles. The number of nitrogens with one attached hydrogen (secondary N) is 2. The number of carbonyl (C=O) groups is 1. The van der Waals surface area contributed by atoms with E-state index in [9.17, 15) is 18.8 Å². The number of benzene rings is 1. The van der Waals surface area contributed by atoms with Gasteiger partial charge in [-0.15, -0.1) is 0 Å². The topological polar surface area (TPSA) is 227 Å². The molecule has 0 amide bonds. The predicted octanol–water partition coefficient (Wildman–Crippen LogP) is 0.0243. The summed E-state index contributed by atoms with van der Waals surface area (Å²) < 4.78 is 43.1. The van der Waals surface area contributed by atoms with E-state index in [0.717, 1.165) is 0 Å². The van der Waals surface area contributed by atoms with Gasteiger partial charge in [0.1, 0.15) is 30.0 Å². The Balaban J connectivity index is 1.52. The molecule has 4 rings (SSSR count). The Morgan fingerprint density at radius 2 is 2.08 bits per heavy atom. The summed E-state index contributed by atoms with van der Waals surface area (Å²) in [6.07, 6.45) is -0.569. The number of hydrogen-bond donors (Lipinski definition) is 6. The second-order valence-corrected chi connectivity index (χ2v) is 10.6. The van der Waals surface area contributed by atoms with Crippen molar-refractivity contribution < 1.29 is 46.9 Å². The molecule has 36 heavy (non-hydrogen) atoms. The first-order valence-corrected chi connectivity index (χ1v) is 13.5. The van der Waals surface area contributed by atoms with Crippen LogP contribution < -0.4 is 16.4 Å². The Morgan fingerprint density at radius 3 is 2.81 bits per heavy atom. The van der Waals surface area contributed by atoms with E-state index in [0.29, 0.717) is 17.2 Å². The quantitative estimate of drug-likeness (QED) is 0.177. The van der Waals surface area contributed by atoms with E-state index >= 15 is 0 Å². The average molecular weight is 546 g/mol. The van der Waals surface area contributed by atoms with Crippen LogP contribution in [0.5, 0.6) is 0 Å². The molecule has 0 aliphatic carbocycles. The van der Waals surface area contributed by atoms with E-state index in [1.165, 1.54) is 12.7 Å². The van der Waals surface area contributed by atoms with Crippen LogP contribution in [0.1, 0.15) is 16.8 Å². The highest BCUT2D eigenvalue weighted by atomic mass is 31.3. The zero-order chi connectivity index (χ0) is 26.1. The number of hydrogen-bond acceptors (Lipinski definition) is 13. The van der Waals surface area contributed by atoms with E-state index < -0.39 is 52.8 Å². The lowest BCUT2D eigenvalue weighted by molar-refractivity contribution is -0.0634. The van der Waals surface area contributed by atoms with Crippen LogP contribution in [0, 0.1) is 0 Å². The van der Waals surface area contributed by atoms with Crippen molar-refractivity contribution in [3.63, 3.8) is 0 Å². The van der Waals surface area contributed by atoms with Gasteiger partial charge in [-0.2, -0.15) is 4.31 Å². The molecule has 16 nitrogen and oxygen atoms in total. The number of phosphoric acid groups is 2. The van der Waals surface area contributed by atoms with Crippen molar-refractivity contribution in [1.82, 2.24) is 10.2 Å². The zero-order valence-corrected chi connectivity index (χ0v) is 20.5. The molecule has 0 bridgehead atoms. The summed E-state index contributed by atoms with van der Waals surface area (Å²) in [6.45, 7) is -0.693. The van der Waals surface area contributed by atoms with Gasteiger partial charge in [0.25, 0.3) is 0 Å². The summed E-state index contributed by atoms with van der Waals surface area (Å²) in [7, 11) is -8.85. The molecular weight excluding hydrogens is 522 g/mol. The summed E-state index contributed by atoms with van der Waals surface area (Å²) in [4.78, 5) is 50.4. The molecule has 0 aromatic heterocycles. The number of fused-ring (bicyclic) bond motifs is 1. The highest BCUT2D eigenvalue weighted by molar-refractivity contribution is 7.60. The van der Waals surface area contributed by atoms with Gasteiger partial charge < -0.3 is 45.4 Å². The third-order valence-electron chi connectivity index (χ3n) is 5.37. The molecular formula is C18H24N6O10P2. The van der Waals surface area contributed by atoms with Gasteiger partial charge in [0.2, 0.25) is 0 Å². The third-order valence-corrected chi connectivity index (χ3v) is 7.52. The maximum absolute atomic E-state index is 12.9. The number of ether oxygens (including phenoxy) is 2. The summed E-state index contributed by atoms with van der Waals surface area (Å²) in [5, 5.41) is 5.63. The lowest BCUT2D eigenvalue weighted by Crippen LogP contribution is -2.42. The van der Waals surface area contributed by atoms with Crippen molar-refractivity contribution in [3.05, 3.63) is 41.3 Å². The van der Waals surface area contributed by atoms with Gasteiger partial charge in [-0.25, -0.2) is 23.9 Å². The molecule has 18 heteroatoms. The molecule has 1 aromatic rings. The zero-order valence-electron chi connectivity index (χ0n) is 18.7. The lowest BCUT2D eigenvalue weighted by Gasteiger charge is -2.29. The van der Waals surface area contributed by atoms with Gasteiger partial charge in [-0.3, -0.25) is 4.52 Å². The normalized spacial score (nSPS) is 26.9. The first-order chi connectivity index (χ1) is 17.0. The molecule has 1 aromatic carbocycles. The molecule has 196 valence electrons. The molecule has 5 atom stereocenters. The standard InChI is InChI=1S/C18H24N6O10P2/c1-20-11-5-3-2-4-10(11)18(25)33-12-6-14(24-9-23-15-16(19)21-8-22-17(15)24)32-13(12)7-31-36(29,30)34-35(26,27)28/h2-5,8-9,12-14,17,20H,6-7,19H2,1H3,(H,21,22)(H,29,30)(H2,26,27,28)/t12-,13+,14+,17?/m0/s1. The van der Waals surface area contributed by atoms with Crippen molar-refractivity contribution in [2.24, 2.45) is 15.7 Å². The number of aliphatic imine (C=N–C) groups is 2. The number of nitrogens with zero attached hydrogens (tertiary/aromatic N) is 3. The van der Waals surface area contributed by atoms with Crippen LogP contribution in [-0.2, 0) is 27.4 Å². The highest BCUT2D eigenvalue weighted by Gasteiger charge is 2.46. The van der Waals surface area contributed by atoms with Crippen LogP contribution in [0.15, 0.2) is 45.8 Å². The minimum atomic E-state index is -5.32. The number of anilines is 1. The van der Waals surface area contributed by atoms with Gasteiger partial charge in [0.15, 0.2) is 6.17 Å². The maximum Gasteiger partial charge on any atom is 0.481 e. The van der Waals surface area contributed by atoms with Gasteiger partial charge in [-0.1, -0.05) is 12.1 Å². The second kappa shape index (κ2) is 10.3. The summed E-state index contributed by atoms with van der Waals surface area (Å²) in [5.74, 6) is -0.397. The smallest absolute Gasteiger partial charge is 0.456 e. The largest absolute Gasteiger partial charge is 0.481 e. The van der Waals surface area contributed by atoms with Crippen LogP contribution in [0.3, 0.4) is 0 Å². The minimum Gasteiger partial charge on any atom is -0.456 e. The fraction of sp³-hybridized carbons (Fsp3) is 0.389.